The molecule has 0 bridgehead atoms. The van der Waals surface area contributed by atoms with Gasteiger partial charge in [-0.1, -0.05) is 35.5 Å². The van der Waals surface area contributed by atoms with Gasteiger partial charge >= 0.3 is 5.97 Å². The molecule has 0 amide bonds. The van der Waals surface area contributed by atoms with E-state index in [-0.39, 0.29) is 17.2 Å². The summed E-state index contributed by atoms with van der Waals surface area (Å²) in [7, 11) is 0. The number of hydrogen-bond donors (Lipinski definition) is 1. The van der Waals surface area contributed by atoms with Crippen molar-refractivity contribution in [3.8, 4) is 0 Å². The van der Waals surface area contributed by atoms with Crippen molar-refractivity contribution >= 4 is 34.4 Å². The normalized spacial score (nSPS) is 21.7. The number of hydrogen-bond acceptors (Lipinski definition) is 3. The molecule has 1 unspecified atom stereocenters. The van der Waals surface area contributed by atoms with E-state index >= 15 is 0 Å². The zero-order valence-corrected chi connectivity index (χ0v) is 11.8. The van der Waals surface area contributed by atoms with Crippen molar-refractivity contribution in [3.05, 3.63) is 34.9 Å². The van der Waals surface area contributed by atoms with E-state index in [1.165, 1.54) is 0 Å². The third-order valence-corrected chi connectivity index (χ3v) is 4.48. The smallest absolute Gasteiger partial charge is 0.305 e. The second-order valence-electron chi connectivity index (χ2n) is 4.76. The highest BCUT2D eigenvalue weighted by Crippen LogP contribution is 2.41. The summed E-state index contributed by atoms with van der Waals surface area (Å²) in [6.07, 6.45) is 0.0666. The van der Waals surface area contributed by atoms with Gasteiger partial charge in [0.15, 0.2) is 0 Å². The van der Waals surface area contributed by atoms with Crippen molar-refractivity contribution < 1.29 is 9.90 Å². The summed E-state index contributed by atoms with van der Waals surface area (Å²) < 4.78 is -0.187. The van der Waals surface area contributed by atoms with Crippen LogP contribution >= 0.6 is 23.4 Å². The van der Waals surface area contributed by atoms with Crippen LogP contribution in [0, 0.1) is 0 Å². The number of carbonyl (C=O) groups is 1. The summed E-state index contributed by atoms with van der Waals surface area (Å²) in [4.78, 5) is 15.4. The van der Waals surface area contributed by atoms with Gasteiger partial charge in [0.1, 0.15) is 0 Å². The van der Waals surface area contributed by atoms with Crippen LogP contribution in [0.2, 0.25) is 5.02 Å². The zero-order chi connectivity index (χ0) is 13.3. The highest BCUT2D eigenvalue weighted by atomic mass is 35.5. The Morgan fingerprint density at radius 3 is 2.61 bits per heavy atom. The molecule has 96 valence electrons. The van der Waals surface area contributed by atoms with E-state index in [1.54, 1.807) is 11.8 Å². The number of aliphatic imine (C=N–C) groups is 1. The molecule has 1 N–H and O–H groups in total. The van der Waals surface area contributed by atoms with Gasteiger partial charge in [0.05, 0.1) is 17.5 Å². The van der Waals surface area contributed by atoms with Gasteiger partial charge in [-0.15, -0.1) is 0 Å². The molecule has 18 heavy (non-hydrogen) atoms. The van der Waals surface area contributed by atoms with Crippen molar-refractivity contribution in [1.29, 1.82) is 0 Å². The molecule has 1 heterocycles. The molecule has 1 aromatic carbocycles. The van der Waals surface area contributed by atoms with Crippen LogP contribution in [0.3, 0.4) is 0 Å². The predicted molar refractivity (Wildman–Crippen MR) is 75.7 cm³/mol. The molecule has 0 spiro atoms. The van der Waals surface area contributed by atoms with Gasteiger partial charge in [0, 0.05) is 15.3 Å². The fourth-order valence-electron chi connectivity index (χ4n) is 1.82. The predicted octanol–water partition coefficient (Wildman–Crippen LogP) is 3.46. The van der Waals surface area contributed by atoms with Gasteiger partial charge < -0.3 is 5.11 Å². The van der Waals surface area contributed by atoms with Gasteiger partial charge in [-0.25, -0.2) is 0 Å². The summed E-state index contributed by atoms with van der Waals surface area (Å²) in [6.45, 7) is 4.05. The lowest BCUT2D eigenvalue weighted by molar-refractivity contribution is -0.137. The molecular weight excluding hydrogens is 270 g/mol. The maximum absolute atomic E-state index is 10.8. The molecule has 2 rings (SSSR count). The van der Waals surface area contributed by atoms with Crippen LogP contribution in [0.15, 0.2) is 29.3 Å². The Morgan fingerprint density at radius 1 is 1.44 bits per heavy atom. The number of nitrogens with zero attached hydrogens (tertiary/aromatic N) is 1. The summed E-state index contributed by atoms with van der Waals surface area (Å²) >= 11 is 7.47. The first-order chi connectivity index (χ1) is 8.38. The van der Waals surface area contributed by atoms with Crippen molar-refractivity contribution in [2.75, 3.05) is 0 Å². The van der Waals surface area contributed by atoms with Crippen LogP contribution in [0.5, 0.6) is 0 Å². The van der Waals surface area contributed by atoms with Crippen molar-refractivity contribution in [2.24, 2.45) is 4.99 Å². The highest BCUT2D eigenvalue weighted by Gasteiger charge is 2.38. The van der Waals surface area contributed by atoms with E-state index in [0.29, 0.717) is 5.02 Å². The maximum Gasteiger partial charge on any atom is 0.305 e. The first-order valence-corrected chi connectivity index (χ1v) is 6.82. The molecule has 0 radical (unpaired) electrons. The molecule has 5 heteroatoms. The minimum Gasteiger partial charge on any atom is -0.481 e. The molecule has 1 atom stereocenters. The van der Waals surface area contributed by atoms with Crippen molar-refractivity contribution in [2.45, 2.75) is 31.1 Å². The van der Waals surface area contributed by atoms with Gasteiger partial charge in [0.25, 0.3) is 0 Å². The SMILES string of the molecule is CC1(C)SC(c2ccc(Cl)cc2)=NC1CC(=O)O. The maximum atomic E-state index is 10.8. The number of carboxylic acids is 1. The Hall–Kier alpha value is -1.00. The van der Waals surface area contributed by atoms with Crippen LogP contribution in [0.25, 0.3) is 0 Å². The fraction of sp³-hybridized carbons (Fsp3) is 0.385. The van der Waals surface area contributed by atoms with Gasteiger partial charge in [-0.05, 0) is 26.0 Å². The average molecular weight is 284 g/mol. The lowest BCUT2D eigenvalue weighted by Crippen LogP contribution is -2.29. The second-order valence-corrected chi connectivity index (χ2v) is 6.84. The largest absolute Gasteiger partial charge is 0.481 e. The minimum atomic E-state index is -0.810. The summed E-state index contributed by atoms with van der Waals surface area (Å²) in [5, 5.41) is 10.5. The highest BCUT2D eigenvalue weighted by molar-refractivity contribution is 8.15. The summed E-state index contributed by atoms with van der Waals surface area (Å²) in [6, 6.07) is 7.26. The second kappa shape index (κ2) is 4.94. The van der Waals surface area contributed by atoms with E-state index in [4.69, 9.17) is 16.7 Å². The summed E-state index contributed by atoms with van der Waals surface area (Å²) in [5.74, 6) is -0.810. The number of aliphatic carboxylic acids is 1. The van der Waals surface area contributed by atoms with E-state index in [2.05, 4.69) is 4.99 Å². The monoisotopic (exact) mass is 283 g/mol. The van der Waals surface area contributed by atoms with Crippen LogP contribution in [-0.2, 0) is 4.79 Å². The first kappa shape index (κ1) is 13.4. The third kappa shape index (κ3) is 2.87. The fourth-order valence-corrected chi connectivity index (χ4v) is 3.15. The Bertz CT molecular complexity index is 496. The van der Waals surface area contributed by atoms with Crippen molar-refractivity contribution in [1.82, 2.24) is 0 Å². The molecule has 1 aliphatic heterocycles. The molecule has 0 aromatic heterocycles. The third-order valence-electron chi connectivity index (χ3n) is 2.89. The average Bonchev–Trinajstić information content (AvgIpc) is 2.54. The Morgan fingerprint density at radius 2 is 2.06 bits per heavy atom. The number of thioether (sulfide) groups is 1. The Labute approximate surface area is 115 Å². The topological polar surface area (TPSA) is 49.7 Å². The molecule has 1 aromatic rings. The Kier molecular flexibility index (Phi) is 3.69. The number of carboxylic acid groups (broad SMARTS) is 1. The molecule has 3 nitrogen and oxygen atoms in total. The molecule has 1 aliphatic rings. The van der Waals surface area contributed by atoms with Gasteiger partial charge in [0.2, 0.25) is 0 Å². The zero-order valence-electron chi connectivity index (χ0n) is 10.2. The molecule has 0 aliphatic carbocycles. The minimum absolute atomic E-state index is 0.0666. The quantitative estimate of drug-likeness (QED) is 0.924. The number of rotatable bonds is 3. The molecule has 0 saturated heterocycles. The standard InChI is InChI=1S/C13H14ClNO2S/c1-13(2)10(7-11(16)17)15-12(18-13)8-3-5-9(14)6-4-8/h3-6,10H,7H2,1-2H3,(H,16,17). The van der Waals surface area contributed by atoms with E-state index < -0.39 is 5.97 Å². The van der Waals surface area contributed by atoms with Crippen LogP contribution in [-0.4, -0.2) is 26.9 Å². The van der Waals surface area contributed by atoms with Gasteiger partial charge in [-0.2, -0.15) is 0 Å². The first-order valence-electron chi connectivity index (χ1n) is 5.63. The van der Waals surface area contributed by atoms with E-state index in [9.17, 15) is 4.79 Å². The van der Waals surface area contributed by atoms with Gasteiger partial charge in [-0.3, -0.25) is 9.79 Å². The molecular formula is C13H14ClNO2S. The Balaban J connectivity index is 2.25. The number of benzene rings is 1. The van der Waals surface area contributed by atoms with Crippen LogP contribution < -0.4 is 0 Å². The van der Waals surface area contributed by atoms with Crippen LogP contribution in [0.4, 0.5) is 0 Å². The molecule has 0 fully saturated rings. The van der Waals surface area contributed by atoms with E-state index in [1.807, 2.05) is 38.1 Å². The van der Waals surface area contributed by atoms with Crippen LogP contribution in [0.1, 0.15) is 25.8 Å². The summed E-state index contributed by atoms with van der Waals surface area (Å²) in [5.41, 5.74) is 0.991. The lowest BCUT2D eigenvalue weighted by atomic mass is 10.0. The van der Waals surface area contributed by atoms with Crippen molar-refractivity contribution in [3.63, 3.8) is 0 Å². The lowest BCUT2D eigenvalue weighted by Gasteiger charge is -2.22. The van der Waals surface area contributed by atoms with E-state index in [0.717, 1.165) is 10.6 Å². The number of halogens is 1. The molecule has 0 saturated carbocycles.